The molecule has 0 spiro atoms. The van der Waals surface area contributed by atoms with E-state index in [1.54, 1.807) is 7.11 Å². The molecule has 4 heteroatoms. The Morgan fingerprint density at radius 1 is 1.15 bits per heavy atom. The van der Waals surface area contributed by atoms with Crippen molar-refractivity contribution in [3.8, 4) is 5.75 Å². The van der Waals surface area contributed by atoms with Gasteiger partial charge in [-0.15, -0.1) is 0 Å². The first-order chi connectivity index (χ1) is 9.52. The lowest BCUT2D eigenvalue weighted by atomic mass is 9.96. The summed E-state index contributed by atoms with van der Waals surface area (Å²) in [7, 11) is 1.65. The summed E-state index contributed by atoms with van der Waals surface area (Å²) in [5.74, 6) is 0.828. The minimum absolute atomic E-state index is 0.154. The van der Waals surface area contributed by atoms with Crippen LogP contribution in [0.25, 0.3) is 0 Å². The highest BCUT2D eigenvalue weighted by Crippen LogP contribution is 2.30. The summed E-state index contributed by atoms with van der Waals surface area (Å²) in [6.45, 7) is 2.02. The van der Waals surface area contributed by atoms with E-state index in [4.69, 9.17) is 33.7 Å². The van der Waals surface area contributed by atoms with Crippen molar-refractivity contribution in [3.63, 3.8) is 0 Å². The summed E-state index contributed by atoms with van der Waals surface area (Å²) in [5, 5.41) is 1.30. The van der Waals surface area contributed by atoms with Gasteiger partial charge in [0, 0.05) is 16.1 Å². The van der Waals surface area contributed by atoms with Crippen LogP contribution in [0.3, 0.4) is 0 Å². The Balaban J connectivity index is 2.26. The molecule has 0 amide bonds. The smallest absolute Gasteiger partial charge is 0.119 e. The first-order valence-corrected chi connectivity index (χ1v) is 7.11. The molecule has 0 heterocycles. The minimum Gasteiger partial charge on any atom is -0.497 e. The highest BCUT2D eigenvalue weighted by Gasteiger charge is 2.14. The number of benzene rings is 2. The molecule has 0 bridgehead atoms. The Morgan fingerprint density at radius 2 is 1.80 bits per heavy atom. The minimum atomic E-state index is -0.154. The Kier molecular flexibility index (Phi) is 4.92. The number of hydrogen-bond donors (Lipinski definition) is 1. The molecule has 0 saturated carbocycles. The van der Waals surface area contributed by atoms with Crippen molar-refractivity contribution in [2.45, 2.75) is 19.4 Å². The molecular formula is C16H17Cl2NO. The van der Waals surface area contributed by atoms with Gasteiger partial charge in [0.1, 0.15) is 5.75 Å². The lowest BCUT2D eigenvalue weighted by Gasteiger charge is -2.17. The molecule has 1 unspecified atom stereocenters. The van der Waals surface area contributed by atoms with Gasteiger partial charge in [0.2, 0.25) is 0 Å². The predicted octanol–water partition coefficient (Wildman–Crippen LogP) is 4.55. The molecule has 2 aromatic rings. The number of aryl methyl sites for hydroxylation is 1. The maximum absolute atomic E-state index is 6.30. The predicted molar refractivity (Wildman–Crippen MR) is 84.8 cm³/mol. The summed E-state index contributed by atoms with van der Waals surface area (Å²) in [5.41, 5.74) is 9.35. The van der Waals surface area contributed by atoms with E-state index in [0.29, 0.717) is 16.5 Å². The number of ether oxygens (including phenoxy) is 1. The molecule has 0 fully saturated rings. The van der Waals surface area contributed by atoms with Gasteiger partial charge >= 0.3 is 0 Å². The monoisotopic (exact) mass is 309 g/mol. The zero-order chi connectivity index (χ0) is 14.7. The lowest BCUT2D eigenvalue weighted by Crippen LogP contribution is -2.15. The number of nitrogens with two attached hydrogens (primary N) is 1. The molecule has 0 aliphatic heterocycles. The van der Waals surface area contributed by atoms with Gasteiger partial charge in [0.05, 0.1) is 7.11 Å². The third-order valence-corrected chi connectivity index (χ3v) is 4.07. The summed E-state index contributed by atoms with van der Waals surface area (Å²) >= 11 is 12.4. The molecule has 2 aromatic carbocycles. The average Bonchev–Trinajstić information content (AvgIpc) is 2.42. The lowest BCUT2D eigenvalue weighted by molar-refractivity contribution is 0.414. The molecule has 1 atom stereocenters. The quantitative estimate of drug-likeness (QED) is 0.899. The fourth-order valence-electron chi connectivity index (χ4n) is 2.25. The van der Waals surface area contributed by atoms with Crippen molar-refractivity contribution in [2.75, 3.05) is 7.11 Å². The molecule has 0 aliphatic carbocycles. The summed E-state index contributed by atoms with van der Waals surface area (Å²) in [6, 6.07) is 11.2. The van der Waals surface area contributed by atoms with Crippen LogP contribution in [0.2, 0.25) is 10.0 Å². The van der Waals surface area contributed by atoms with E-state index in [1.807, 2.05) is 43.3 Å². The first-order valence-electron chi connectivity index (χ1n) is 6.36. The van der Waals surface area contributed by atoms with Gasteiger partial charge < -0.3 is 10.5 Å². The van der Waals surface area contributed by atoms with E-state index in [1.165, 1.54) is 0 Å². The topological polar surface area (TPSA) is 35.2 Å². The fraction of sp³-hybridized carbons (Fsp3) is 0.250. The zero-order valence-electron chi connectivity index (χ0n) is 11.5. The molecular weight excluding hydrogens is 293 g/mol. The van der Waals surface area contributed by atoms with E-state index in [0.717, 1.165) is 22.4 Å². The fourth-order valence-corrected chi connectivity index (χ4v) is 2.80. The number of methoxy groups -OCH3 is 1. The van der Waals surface area contributed by atoms with E-state index in [9.17, 15) is 0 Å². The van der Waals surface area contributed by atoms with Gasteiger partial charge in [0.15, 0.2) is 0 Å². The van der Waals surface area contributed by atoms with Crippen molar-refractivity contribution >= 4 is 23.2 Å². The van der Waals surface area contributed by atoms with Gasteiger partial charge in [-0.05, 0) is 54.3 Å². The third-order valence-electron chi connectivity index (χ3n) is 3.36. The standard InChI is InChI=1S/C16H17Cl2NO/c1-10-8-11(20-2)6-7-12(10)16(19)9-13-14(17)4-3-5-15(13)18/h3-8,16H,9,19H2,1-2H3. The molecule has 2 N–H and O–H groups in total. The summed E-state index contributed by atoms with van der Waals surface area (Å²) in [4.78, 5) is 0. The van der Waals surface area contributed by atoms with Crippen LogP contribution in [-0.2, 0) is 6.42 Å². The highest BCUT2D eigenvalue weighted by molar-refractivity contribution is 6.36. The van der Waals surface area contributed by atoms with E-state index in [-0.39, 0.29) is 6.04 Å². The highest BCUT2D eigenvalue weighted by atomic mass is 35.5. The normalized spacial score (nSPS) is 12.2. The molecule has 0 saturated heterocycles. The third kappa shape index (κ3) is 3.26. The molecule has 0 aromatic heterocycles. The van der Waals surface area contributed by atoms with Crippen molar-refractivity contribution in [1.29, 1.82) is 0 Å². The summed E-state index contributed by atoms with van der Waals surface area (Å²) in [6.07, 6.45) is 0.603. The van der Waals surface area contributed by atoms with Gasteiger partial charge in [-0.2, -0.15) is 0 Å². The second-order valence-electron chi connectivity index (χ2n) is 4.73. The van der Waals surface area contributed by atoms with Gasteiger partial charge in [-0.25, -0.2) is 0 Å². The second kappa shape index (κ2) is 6.49. The maximum Gasteiger partial charge on any atom is 0.119 e. The number of rotatable bonds is 4. The van der Waals surface area contributed by atoms with E-state index in [2.05, 4.69) is 0 Å². The summed E-state index contributed by atoms with van der Waals surface area (Å²) < 4.78 is 5.20. The number of hydrogen-bond acceptors (Lipinski definition) is 2. The molecule has 0 aliphatic rings. The van der Waals surface area contributed by atoms with Crippen molar-refractivity contribution in [2.24, 2.45) is 5.73 Å². The van der Waals surface area contributed by atoms with E-state index >= 15 is 0 Å². The molecule has 2 rings (SSSR count). The van der Waals surface area contributed by atoms with Crippen LogP contribution in [0.4, 0.5) is 0 Å². The Labute approximate surface area is 129 Å². The molecule has 106 valence electrons. The SMILES string of the molecule is COc1ccc(C(N)Cc2c(Cl)cccc2Cl)c(C)c1. The van der Waals surface area contributed by atoms with Gasteiger partial charge in [0.25, 0.3) is 0 Å². The van der Waals surface area contributed by atoms with Gasteiger partial charge in [-0.3, -0.25) is 0 Å². The van der Waals surface area contributed by atoms with Crippen LogP contribution in [0.15, 0.2) is 36.4 Å². The largest absolute Gasteiger partial charge is 0.497 e. The Bertz CT molecular complexity index is 593. The van der Waals surface area contributed by atoms with Crippen LogP contribution in [0.1, 0.15) is 22.7 Å². The molecule has 0 radical (unpaired) electrons. The van der Waals surface area contributed by atoms with Crippen molar-refractivity contribution in [3.05, 3.63) is 63.1 Å². The van der Waals surface area contributed by atoms with Crippen LogP contribution in [0, 0.1) is 6.92 Å². The molecule has 20 heavy (non-hydrogen) atoms. The second-order valence-corrected chi connectivity index (χ2v) is 5.55. The maximum atomic E-state index is 6.30. The van der Waals surface area contributed by atoms with Crippen LogP contribution in [-0.4, -0.2) is 7.11 Å². The number of halogens is 2. The van der Waals surface area contributed by atoms with Crippen molar-refractivity contribution in [1.82, 2.24) is 0 Å². The van der Waals surface area contributed by atoms with Crippen LogP contribution < -0.4 is 10.5 Å². The van der Waals surface area contributed by atoms with Crippen LogP contribution >= 0.6 is 23.2 Å². The first kappa shape index (κ1) is 15.2. The molecule has 2 nitrogen and oxygen atoms in total. The Hall–Kier alpha value is -1.22. The van der Waals surface area contributed by atoms with Gasteiger partial charge in [-0.1, -0.05) is 35.3 Å². The van der Waals surface area contributed by atoms with Crippen LogP contribution in [0.5, 0.6) is 5.75 Å². The van der Waals surface area contributed by atoms with Crippen molar-refractivity contribution < 1.29 is 4.74 Å². The zero-order valence-corrected chi connectivity index (χ0v) is 13.0. The average molecular weight is 310 g/mol. The Morgan fingerprint density at radius 3 is 2.35 bits per heavy atom. The van der Waals surface area contributed by atoms with E-state index < -0.39 is 0 Å².